The minimum Gasteiger partial charge on any atom is -0.497 e. The molecule has 90 valence electrons. The van der Waals surface area contributed by atoms with E-state index in [9.17, 15) is 0 Å². The molecule has 1 heterocycles. The van der Waals surface area contributed by atoms with Crippen LogP contribution in [0.5, 0.6) is 5.75 Å². The molecular formula is C11H15N5O. The van der Waals surface area contributed by atoms with Crippen LogP contribution in [0.15, 0.2) is 30.6 Å². The minimum atomic E-state index is 0.669. The molecule has 0 bridgehead atoms. The van der Waals surface area contributed by atoms with Gasteiger partial charge in [0.15, 0.2) is 0 Å². The number of rotatable bonds is 5. The Labute approximate surface area is 99.4 Å². The summed E-state index contributed by atoms with van der Waals surface area (Å²) >= 11 is 0. The minimum absolute atomic E-state index is 0.669. The maximum absolute atomic E-state index is 5.88. The van der Waals surface area contributed by atoms with E-state index in [0.29, 0.717) is 5.69 Å². The summed E-state index contributed by atoms with van der Waals surface area (Å²) in [6.07, 6.45) is 3.47. The largest absolute Gasteiger partial charge is 0.497 e. The van der Waals surface area contributed by atoms with Crippen molar-refractivity contribution in [1.29, 1.82) is 0 Å². The molecule has 6 nitrogen and oxygen atoms in total. The van der Waals surface area contributed by atoms with E-state index in [1.54, 1.807) is 24.1 Å². The molecule has 0 atom stereocenters. The van der Waals surface area contributed by atoms with Gasteiger partial charge in [0.05, 0.1) is 31.2 Å². The first-order valence-electron chi connectivity index (χ1n) is 5.31. The Kier molecular flexibility index (Phi) is 3.44. The molecule has 0 amide bonds. The van der Waals surface area contributed by atoms with Crippen LogP contribution in [0.1, 0.15) is 0 Å². The number of nitrogens with two attached hydrogens (primary N) is 1. The van der Waals surface area contributed by atoms with Crippen LogP contribution < -0.4 is 15.8 Å². The average Bonchev–Trinajstić information content (AvgIpc) is 2.84. The zero-order valence-corrected chi connectivity index (χ0v) is 9.63. The first-order chi connectivity index (χ1) is 8.29. The summed E-state index contributed by atoms with van der Waals surface area (Å²) in [7, 11) is 1.62. The van der Waals surface area contributed by atoms with Gasteiger partial charge < -0.3 is 15.8 Å². The lowest BCUT2D eigenvalue weighted by Crippen LogP contribution is -2.12. The molecule has 0 saturated carbocycles. The predicted octanol–water partition coefficient (Wildman–Crippen LogP) is 0.981. The van der Waals surface area contributed by atoms with Gasteiger partial charge in [0, 0.05) is 18.8 Å². The average molecular weight is 233 g/mol. The summed E-state index contributed by atoms with van der Waals surface area (Å²) in [4.78, 5) is 0. The summed E-state index contributed by atoms with van der Waals surface area (Å²) in [6, 6.07) is 5.56. The van der Waals surface area contributed by atoms with Crippen molar-refractivity contribution in [3.05, 3.63) is 30.6 Å². The standard InChI is InChI=1S/C11H15N5O/c1-17-9-2-3-11(10(12)8-9)13-4-6-16-7-5-14-15-16/h2-3,5,7-8,13H,4,6,12H2,1H3. The van der Waals surface area contributed by atoms with Gasteiger partial charge in [0.2, 0.25) is 0 Å². The first-order valence-corrected chi connectivity index (χ1v) is 5.31. The van der Waals surface area contributed by atoms with E-state index in [2.05, 4.69) is 15.6 Å². The van der Waals surface area contributed by atoms with E-state index in [4.69, 9.17) is 10.5 Å². The highest BCUT2D eigenvalue weighted by Crippen LogP contribution is 2.23. The van der Waals surface area contributed by atoms with Crippen LogP contribution in [0.2, 0.25) is 0 Å². The monoisotopic (exact) mass is 233 g/mol. The number of nitrogen functional groups attached to an aromatic ring is 1. The topological polar surface area (TPSA) is 78.0 Å². The predicted molar refractivity (Wildman–Crippen MR) is 65.9 cm³/mol. The van der Waals surface area contributed by atoms with Crippen molar-refractivity contribution in [2.75, 3.05) is 24.7 Å². The number of nitrogens with one attached hydrogen (secondary N) is 1. The quantitative estimate of drug-likeness (QED) is 0.753. The third kappa shape index (κ3) is 2.87. The van der Waals surface area contributed by atoms with Gasteiger partial charge >= 0.3 is 0 Å². The van der Waals surface area contributed by atoms with Crippen LogP contribution in [0.25, 0.3) is 0 Å². The molecule has 0 aliphatic carbocycles. The second kappa shape index (κ2) is 5.20. The smallest absolute Gasteiger partial charge is 0.121 e. The zero-order chi connectivity index (χ0) is 12.1. The Morgan fingerprint density at radius 2 is 2.35 bits per heavy atom. The SMILES string of the molecule is COc1ccc(NCCn2ccnn2)c(N)c1. The Bertz CT molecular complexity index is 469. The maximum atomic E-state index is 5.88. The maximum Gasteiger partial charge on any atom is 0.121 e. The second-order valence-corrected chi connectivity index (χ2v) is 3.55. The lowest BCUT2D eigenvalue weighted by molar-refractivity contribution is 0.415. The highest BCUT2D eigenvalue weighted by molar-refractivity contribution is 5.68. The van der Waals surface area contributed by atoms with Gasteiger partial charge in [-0.05, 0) is 12.1 Å². The van der Waals surface area contributed by atoms with Gasteiger partial charge in [0.25, 0.3) is 0 Å². The molecule has 3 N–H and O–H groups in total. The van der Waals surface area contributed by atoms with Gasteiger partial charge in [-0.3, -0.25) is 4.68 Å². The van der Waals surface area contributed by atoms with Crippen molar-refractivity contribution >= 4 is 11.4 Å². The fourth-order valence-electron chi connectivity index (χ4n) is 1.49. The summed E-state index contributed by atoms with van der Waals surface area (Å²) in [6.45, 7) is 1.48. The summed E-state index contributed by atoms with van der Waals surface area (Å²) in [5, 5.41) is 10.8. The summed E-state index contributed by atoms with van der Waals surface area (Å²) in [5.41, 5.74) is 7.44. The lowest BCUT2D eigenvalue weighted by Gasteiger charge is -2.10. The molecule has 0 unspecified atom stereocenters. The van der Waals surface area contributed by atoms with E-state index in [1.165, 1.54) is 0 Å². The molecule has 0 aliphatic heterocycles. The van der Waals surface area contributed by atoms with Gasteiger partial charge in [-0.2, -0.15) is 0 Å². The van der Waals surface area contributed by atoms with Crippen molar-refractivity contribution in [3.63, 3.8) is 0 Å². The molecule has 0 radical (unpaired) electrons. The van der Waals surface area contributed by atoms with Crippen LogP contribution in [-0.2, 0) is 6.54 Å². The number of anilines is 2. The molecule has 0 saturated heterocycles. The number of ether oxygens (including phenoxy) is 1. The third-order valence-corrected chi connectivity index (χ3v) is 2.39. The van der Waals surface area contributed by atoms with E-state index in [0.717, 1.165) is 24.5 Å². The zero-order valence-electron chi connectivity index (χ0n) is 9.63. The highest BCUT2D eigenvalue weighted by atomic mass is 16.5. The van der Waals surface area contributed by atoms with Gasteiger partial charge in [0.1, 0.15) is 5.75 Å². The van der Waals surface area contributed by atoms with E-state index < -0.39 is 0 Å². The van der Waals surface area contributed by atoms with Crippen molar-refractivity contribution in [2.45, 2.75) is 6.54 Å². The van der Waals surface area contributed by atoms with Crippen LogP contribution in [0, 0.1) is 0 Å². The van der Waals surface area contributed by atoms with E-state index >= 15 is 0 Å². The fourth-order valence-corrected chi connectivity index (χ4v) is 1.49. The Hall–Kier alpha value is -2.24. The Balaban J connectivity index is 1.90. The summed E-state index contributed by atoms with van der Waals surface area (Å²) in [5.74, 6) is 0.754. The number of aromatic nitrogens is 3. The van der Waals surface area contributed by atoms with Crippen LogP contribution in [-0.4, -0.2) is 28.6 Å². The molecule has 2 rings (SSSR count). The molecule has 0 aliphatic rings. The molecule has 0 spiro atoms. The molecule has 17 heavy (non-hydrogen) atoms. The van der Waals surface area contributed by atoms with Crippen molar-refractivity contribution in [3.8, 4) is 5.75 Å². The summed E-state index contributed by atoms with van der Waals surface area (Å²) < 4.78 is 6.84. The van der Waals surface area contributed by atoms with Gasteiger partial charge in [-0.1, -0.05) is 5.21 Å². The molecular weight excluding hydrogens is 218 g/mol. The Morgan fingerprint density at radius 1 is 1.47 bits per heavy atom. The number of methoxy groups -OCH3 is 1. The fraction of sp³-hybridized carbons (Fsp3) is 0.273. The lowest BCUT2D eigenvalue weighted by atomic mass is 10.2. The normalized spacial score (nSPS) is 10.2. The van der Waals surface area contributed by atoms with Gasteiger partial charge in [-0.15, -0.1) is 5.10 Å². The third-order valence-electron chi connectivity index (χ3n) is 2.39. The van der Waals surface area contributed by atoms with Gasteiger partial charge in [-0.25, -0.2) is 0 Å². The molecule has 1 aromatic heterocycles. The number of benzene rings is 1. The molecule has 6 heteroatoms. The van der Waals surface area contributed by atoms with Crippen molar-refractivity contribution in [1.82, 2.24) is 15.0 Å². The van der Waals surface area contributed by atoms with E-state index in [1.807, 2.05) is 18.3 Å². The Morgan fingerprint density at radius 3 is 3.00 bits per heavy atom. The molecule has 0 fully saturated rings. The number of hydrogen-bond acceptors (Lipinski definition) is 5. The van der Waals surface area contributed by atoms with Crippen LogP contribution in [0.3, 0.4) is 0 Å². The molecule has 2 aromatic rings. The van der Waals surface area contributed by atoms with Crippen molar-refractivity contribution < 1.29 is 4.74 Å². The highest BCUT2D eigenvalue weighted by Gasteiger charge is 2.00. The second-order valence-electron chi connectivity index (χ2n) is 3.55. The number of nitrogens with zero attached hydrogens (tertiary/aromatic N) is 3. The van der Waals surface area contributed by atoms with Crippen LogP contribution in [0.4, 0.5) is 11.4 Å². The van der Waals surface area contributed by atoms with Crippen LogP contribution >= 0.6 is 0 Å². The van der Waals surface area contributed by atoms with E-state index in [-0.39, 0.29) is 0 Å². The molecule has 1 aromatic carbocycles. The number of hydrogen-bond donors (Lipinski definition) is 2. The van der Waals surface area contributed by atoms with Crippen molar-refractivity contribution in [2.24, 2.45) is 0 Å². The first kappa shape index (κ1) is 11.3.